The number of ether oxygens (including phenoxy) is 2. The molecule has 33 heavy (non-hydrogen) atoms. The highest BCUT2D eigenvalue weighted by atomic mass is 16.5. The SMILES string of the molecule is O=C(NCCCN1CCOCC1)[C@@H]1C[C@H](COc2cccnc2)CN(Cc2ccccc2)C1. The Morgan fingerprint density at radius 1 is 1.09 bits per heavy atom. The van der Waals surface area contributed by atoms with Gasteiger partial charge >= 0.3 is 0 Å². The summed E-state index contributed by atoms with van der Waals surface area (Å²) in [7, 11) is 0. The van der Waals surface area contributed by atoms with Crippen LogP contribution in [0.15, 0.2) is 54.9 Å². The van der Waals surface area contributed by atoms with Crippen molar-refractivity contribution in [2.24, 2.45) is 11.8 Å². The molecular formula is C26H36N4O3. The van der Waals surface area contributed by atoms with E-state index in [0.29, 0.717) is 12.5 Å². The number of carbonyl (C=O) groups is 1. The number of nitrogens with zero attached hydrogens (tertiary/aromatic N) is 3. The maximum atomic E-state index is 13.0. The second kappa shape index (κ2) is 12.7. The lowest BCUT2D eigenvalue weighted by Crippen LogP contribution is -2.47. The number of aromatic nitrogens is 1. The molecule has 2 fully saturated rings. The lowest BCUT2D eigenvalue weighted by Gasteiger charge is -2.37. The number of benzene rings is 1. The molecule has 1 N–H and O–H groups in total. The van der Waals surface area contributed by atoms with Crippen molar-refractivity contribution in [2.75, 3.05) is 59.1 Å². The molecule has 4 rings (SSSR count). The van der Waals surface area contributed by atoms with E-state index in [-0.39, 0.29) is 11.8 Å². The third-order valence-corrected chi connectivity index (χ3v) is 6.41. The average Bonchev–Trinajstić information content (AvgIpc) is 2.87. The minimum Gasteiger partial charge on any atom is -0.492 e. The topological polar surface area (TPSA) is 66.9 Å². The molecule has 0 bridgehead atoms. The fraction of sp³-hybridized carbons (Fsp3) is 0.538. The Labute approximate surface area is 197 Å². The number of morpholine rings is 1. The van der Waals surface area contributed by atoms with Crippen LogP contribution in [0.1, 0.15) is 18.4 Å². The molecule has 1 amide bonds. The summed E-state index contributed by atoms with van der Waals surface area (Å²) in [6.45, 7) is 8.50. The molecule has 2 atom stereocenters. The fourth-order valence-corrected chi connectivity index (χ4v) is 4.71. The Balaban J connectivity index is 1.29. The number of rotatable bonds is 10. The fourth-order valence-electron chi connectivity index (χ4n) is 4.71. The number of piperidine rings is 1. The van der Waals surface area contributed by atoms with Crippen molar-refractivity contribution < 1.29 is 14.3 Å². The van der Waals surface area contributed by atoms with E-state index in [2.05, 4.69) is 44.4 Å². The first-order valence-corrected chi connectivity index (χ1v) is 12.1. The summed E-state index contributed by atoms with van der Waals surface area (Å²) in [4.78, 5) is 22.0. The highest BCUT2D eigenvalue weighted by molar-refractivity contribution is 5.79. The quantitative estimate of drug-likeness (QED) is 0.559. The monoisotopic (exact) mass is 452 g/mol. The number of hydrogen-bond acceptors (Lipinski definition) is 6. The van der Waals surface area contributed by atoms with Gasteiger partial charge in [0.2, 0.25) is 5.91 Å². The molecule has 0 unspecified atom stereocenters. The summed E-state index contributed by atoms with van der Waals surface area (Å²) in [6.07, 6.45) is 5.30. The van der Waals surface area contributed by atoms with E-state index in [1.807, 2.05) is 18.2 Å². The van der Waals surface area contributed by atoms with Gasteiger partial charge in [-0.1, -0.05) is 30.3 Å². The predicted octanol–water partition coefficient (Wildman–Crippen LogP) is 2.44. The van der Waals surface area contributed by atoms with Crippen LogP contribution < -0.4 is 10.1 Å². The zero-order valence-electron chi connectivity index (χ0n) is 19.4. The molecule has 2 aromatic rings. The summed E-state index contributed by atoms with van der Waals surface area (Å²) in [5, 5.41) is 3.20. The van der Waals surface area contributed by atoms with Gasteiger partial charge < -0.3 is 14.8 Å². The molecule has 7 heteroatoms. The number of amides is 1. The first-order valence-electron chi connectivity index (χ1n) is 12.1. The van der Waals surface area contributed by atoms with Crippen LogP contribution in [0.4, 0.5) is 0 Å². The molecule has 7 nitrogen and oxygen atoms in total. The largest absolute Gasteiger partial charge is 0.492 e. The molecule has 1 aromatic carbocycles. The number of likely N-dealkylation sites (tertiary alicyclic amines) is 1. The first-order chi connectivity index (χ1) is 16.3. The van der Waals surface area contributed by atoms with Gasteiger partial charge in [-0.15, -0.1) is 0 Å². The molecule has 2 aliphatic rings. The zero-order valence-corrected chi connectivity index (χ0v) is 19.4. The summed E-state index contributed by atoms with van der Waals surface area (Å²) in [5.74, 6) is 1.23. The summed E-state index contributed by atoms with van der Waals surface area (Å²) in [6, 6.07) is 14.3. The van der Waals surface area contributed by atoms with Crippen LogP contribution in [0.2, 0.25) is 0 Å². The van der Waals surface area contributed by atoms with Gasteiger partial charge in [0, 0.05) is 51.4 Å². The molecule has 0 aliphatic carbocycles. The van der Waals surface area contributed by atoms with Crippen molar-refractivity contribution in [3.63, 3.8) is 0 Å². The third kappa shape index (κ3) is 7.81. The van der Waals surface area contributed by atoms with E-state index < -0.39 is 0 Å². The number of hydrogen-bond donors (Lipinski definition) is 1. The van der Waals surface area contributed by atoms with Crippen LogP contribution in [0.3, 0.4) is 0 Å². The number of pyridine rings is 1. The standard InChI is InChI=1S/C26H36N4O3/c31-26(28-10-5-11-29-12-14-32-15-13-29)24-16-23(21-33-25-8-4-9-27-17-25)19-30(20-24)18-22-6-2-1-3-7-22/h1-4,6-9,17,23-24H,5,10-16,18-21H2,(H,28,31)/t23-,24+/m0/s1. The minimum atomic E-state index is -0.0200. The van der Waals surface area contributed by atoms with Gasteiger partial charge in [0.1, 0.15) is 5.75 Å². The molecule has 178 valence electrons. The Bertz CT molecular complexity index is 830. The second-order valence-corrected chi connectivity index (χ2v) is 9.08. The smallest absolute Gasteiger partial charge is 0.224 e. The van der Waals surface area contributed by atoms with Crippen molar-refractivity contribution in [1.82, 2.24) is 20.1 Å². The molecular weight excluding hydrogens is 416 g/mol. The molecule has 2 aliphatic heterocycles. The highest BCUT2D eigenvalue weighted by Crippen LogP contribution is 2.25. The van der Waals surface area contributed by atoms with Crippen LogP contribution in [-0.4, -0.2) is 79.8 Å². The van der Waals surface area contributed by atoms with Crippen LogP contribution in [0, 0.1) is 11.8 Å². The van der Waals surface area contributed by atoms with E-state index in [1.54, 1.807) is 12.4 Å². The van der Waals surface area contributed by atoms with Crippen LogP contribution >= 0.6 is 0 Å². The molecule has 1 aromatic heterocycles. The second-order valence-electron chi connectivity index (χ2n) is 9.08. The number of carbonyl (C=O) groups excluding carboxylic acids is 1. The Hall–Kier alpha value is -2.48. The van der Waals surface area contributed by atoms with Crippen molar-refractivity contribution in [3.05, 3.63) is 60.4 Å². The van der Waals surface area contributed by atoms with E-state index in [0.717, 1.165) is 77.6 Å². The molecule has 0 spiro atoms. The Kier molecular flexibility index (Phi) is 9.09. The van der Waals surface area contributed by atoms with Crippen molar-refractivity contribution in [1.29, 1.82) is 0 Å². The maximum Gasteiger partial charge on any atom is 0.224 e. The molecule has 0 saturated carbocycles. The maximum absolute atomic E-state index is 13.0. The van der Waals surface area contributed by atoms with Gasteiger partial charge in [-0.05, 0) is 37.1 Å². The zero-order chi connectivity index (χ0) is 22.7. The third-order valence-electron chi connectivity index (χ3n) is 6.41. The summed E-state index contributed by atoms with van der Waals surface area (Å²) < 4.78 is 11.4. The number of nitrogens with one attached hydrogen (secondary N) is 1. The predicted molar refractivity (Wildman–Crippen MR) is 128 cm³/mol. The highest BCUT2D eigenvalue weighted by Gasteiger charge is 2.32. The van der Waals surface area contributed by atoms with Gasteiger partial charge in [0.25, 0.3) is 0 Å². The average molecular weight is 453 g/mol. The van der Waals surface area contributed by atoms with Crippen LogP contribution in [0.5, 0.6) is 5.75 Å². The summed E-state index contributed by atoms with van der Waals surface area (Å²) >= 11 is 0. The first kappa shape index (κ1) is 23.7. The lowest BCUT2D eigenvalue weighted by molar-refractivity contribution is -0.127. The van der Waals surface area contributed by atoms with Crippen LogP contribution in [0.25, 0.3) is 0 Å². The van der Waals surface area contributed by atoms with Crippen molar-refractivity contribution >= 4 is 5.91 Å². The van der Waals surface area contributed by atoms with Gasteiger partial charge in [-0.2, -0.15) is 0 Å². The summed E-state index contributed by atoms with van der Waals surface area (Å²) in [5.41, 5.74) is 1.27. The molecule has 2 saturated heterocycles. The van der Waals surface area contributed by atoms with Crippen LogP contribution in [-0.2, 0) is 16.1 Å². The van der Waals surface area contributed by atoms with E-state index in [1.165, 1.54) is 5.56 Å². The normalized spacial score (nSPS) is 22.1. The minimum absolute atomic E-state index is 0.0200. The lowest BCUT2D eigenvalue weighted by atomic mass is 9.88. The van der Waals surface area contributed by atoms with E-state index in [9.17, 15) is 4.79 Å². The molecule has 3 heterocycles. The Morgan fingerprint density at radius 2 is 1.94 bits per heavy atom. The van der Waals surface area contributed by atoms with Crippen molar-refractivity contribution in [2.45, 2.75) is 19.4 Å². The van der Waals surface area contributed by atoms with Gasteiger partial charge in [-0.3, -0.25) is 19.6 Å². The molecule has 0 radical (unpaired) electrons. The van der Waals surface area contributed by atoms with E-state index in [4.69, 9.17) is 9.47 Å². The van der Waals surface area contributed by atoms with Crippen molar-refractivity contribution in [3.8, 4) is 5.75 Å². The Morgan fingerprint density at radius 3 is 2.73 bits per heavy atom. The van der Waals surface area contributed by atoms with Gasteiger partial charge in [0.05, 0.1) is 31.9 Å². The van der Waals surface area contributed by atoms with E-state index >= 15 is 0 Å². The van der Waals surface area contributed by atoms with Gasteiger partial charge in [-0.25, -0.2) is 0 Å². The van der Waals surface area contributed by atoms with Gasteiger partial charge in [0.15, 0.2) is 0 Å².